The zero-order chi connectivity index (χ0) is 19.4. The molecule has 7 nitrogen and oxygen atoms in total. The molecule has 0 unspecified atom stereocenters. The first kappa shape index (κ1) is 19.2. The molecule has 0 saturated carbocycles. The van der Waals surface area contributed by atoms with E-state index in [2.05, 4.69) is 5.32 Å². The van der Waals surface area contributed by atoms with Crippen molar-refractivity contribution in [2.24, 2.45) is 5.73 Å². The number of benzene rings is 1. The van der Waals surface area contributed by atoms with Crippen molar-refractivity contribution in [1.29, 1.82) is 0 Å². The summed E-state index contributed by atoms with van der Waals surface area (Å²) in [6, 6.07) is 7.89. The Hall–Kier alpha value is -3.09. The quantitative estimate of drug-likeness (QED) is 0.775. The molecular formula is C19H23N3O4. The van der Waals surface area contributed by atoms with Crippen LogP contribution in [-0.4, -0.2) is 28.5 Å². The Morgan fingerprint density at radius 1 is 1.19 bits per heavy atom. The molecule has 0 saturated heterocycles. The smallest absolute Gasteiger partial charge is 0.340 e. The van der Waals surface area contributed by atoms with Crippen LogP contribution >= 0.6 is 0 Å². The number of hydrogen-bond acceptors (Lipinski definition) is 4. The van der Waals surface area contributed by atoms with Gasteiger partial charge in [0.1, 0.15) is 0 Å². The maximum atomic E-state index is 12.4. The first-order valence-corrected chi connectivity index (χ1v) is 8.33. The topological polar surface area (TPSA) is 103 Å². The molecule has 2 amide bonds. The monoisotopic (exact) mass is 357 g/mol. The Kier molecular flexibility index (Phi) is 5.82. The summed E-state index contributed by atoms with van der Waals surface area (Å²) in [6.07, 6.45) is -0.969. The highest BCUT2D eigenvalue weighted by atomic mass is 16.5. The fourth-order valence-corrected chi connectivity index (χ4v) is 2.73. The highest BCUT2D eigenvalue weighted by Crippen LogP contribution is 2.17. The molecular weight excluding hydrogens is 334 g/mol. The third-order valence-corrected chi connectivity index (χ3v) is 4.20. The molecule has 1 heterocycles. The third kappa shape index (κ3) is 4.11. The number of hydrogen-bond donors (Lipinski definition) is 2. The van der Waals surface area contributed by atoms with E-state index in [4.69, 9.17) is 10.5 Å². The Labute approximate surface area is 152 Å². The fraction of sp³-hybridized carbons (Fsp3) is 0.316. The molecule has 7 heteroatoms. The predicted molar refractivity (Wildman–Crippen MR) is 98.0 cm³/mol. The van der Waals surface area contributed by atoms with Crippen LogP contribution in [0.2, 0.25) is 0 Å². The summed E-state index contributed by atoms with van der Waals surface area (Å²) in [7, 11) is 0. The van der Waals surface area contributed by atoms with Gasteiger partial charge in [-0.15, -0.1) is 0 Å². The van der Waals surface area contributed by atoms with Gasteiger partial charge in [0.25, 0.3) is 5.91 Å². The van der Waals surface area contributed by atoms with Gasteiger partial charge in [-0.3, -0.25) is 9.59 Å². The van der Waals surface area contributed by atoms with Crippen molar-refractivity contribution in [3.8, 4) is 0 Å². The lowest BCUT2D eigenvalue weighted by atomic mass is 10.2. The van der Waals surface area contributed by atoms with Crippen molar-refractivity contribution < 1.29 is 19.1 Å². The van der Waals surface area contributed by atoms with E-state index in [-0.39, 0.29) is 0 Å². The van der Waals surface area contributed by atoms with Crippen LogP contribution in [0, 0.1) is 13.8 Å². The lowest BCUT2D eigenvalue weighted by Gasteiger charge is -2.14. The summed E-state index contributed by atoms with van der Waals surface area (Å²) in [5.41, 5.74) is 8.22. The molecule has 2 rings (SSSR count). The first-order valence-electron chi connectivity index (χ1n) is 8.33. The number of esters is 1. The SMILES string of the molecule is CCn1c(C)cc(C(=O)O[C@H](C)C(=O)Nc2ccc(C(N)=O)cc2)c1C. The number of carbonyl (C=O) groups excluding carboxylic acids is 3. The van der Waals surface area contributed by atoms with Crippen LogP contribution in [0.25, 0.3) is 0 Å². The molecule has 0 radical (unpaired) electrons. The van der Waals surface area contributed by atoms with Crippen molar-refractivity contribution >= 4 is 23.5 Å². The molecule has 26 heavy (non-hydrogen) atoms. The summed E-state index contributed by atoms with van der Waals surface area (Å²) in [5, 5.41) is 2.63. The molecule has 2 aromatic rings. The molecule has 0 fully saturated rings. The molecule has 0 aliphatic heterocycles. The van der Waals surface area contributed by atoms with Gasteiger partial charge >= 0.3 is 5.97 Å². The fourth-order valence-electron chi connectivity index (χ4n) is 2.73. The number of nitrogens with one attached hydrogen (secondary N) is 1. The maximum Gasteiger partial charge on any atom is 0.340 e. The van der Waals surface area contributed by atoms with Gasteiger partial charge in [-0.2, -0.15) is 0 Å². The number of ether oxygens (including phenoxy) is 1. The second-order valence-corrected chi connectivity index (χ2v) is 6.01. The Morgan fingerprint density at radius 3 is 2.31 bits per heavy atom. The van der Waals surface area contributed by atoms with E-state index in [0.717, 1.165) is 17.9 Å². The normalized spacial score (nSPS) is 11.7. The van der Waals surface area contributed by atoms with E-state index in [1.807, 2.05) is 25.3 Å². The zero-order valence-electron chi connectivity index (χ0n) is 15.3. The molecule has 0 aliphatic rings. The lowest BCUT2D eigenvalue weighted by Crippen LogP contribution is -2.30. The largest absolute Gasteiger partial charge is 0.449 e. The number of primary amides is 1. The summed E-state index contributed by atoms with van der Waals surface area (Å²) in [6.45, 7) is 8.01. The minimum atomic E-state index is -0.969. The number of amides is 2. The number of nitrogens with two attached hydrogens (primary N) is 1. The van der Waals surface area contributed by atoms with Gasteiger partial charge < -0.3 is 20.4 Å². The van der Waals surface area contributed by atoms with Gasteiger partial charge in [0.05, 0.1) is 5.56 Å². The number of rotatable bonds is 6. The number of nitrogens with zero attached hydrogens (tertiary/aromatic N) is 1. The van der Waals surface area contributed by atoms with Crippen LogP contribution in [0.4, 0.5) is 5.69 Å². The van der Waals surface area contributed by atoms with Gasteiger partial charge in [-0.05, 0) is 58.0 Å². The van der Waals surface area contributed by atoms with Crippen molar-refractivity contribution in [2.45, 2.75) is 40.3 Å². The number of aromatic nitrogens is 1. The van der Waals surface area contributed by atoms with Crippen LogP contribution in [0.15, 0.2) is 30.3 Å². The number of aryl methyl sites for hydroxylation is 1. The van der Waals surface area contributed by atoms with Crippen molar-refractivity contribution in [2.75, 3.05) is 5.32 Å². The molecule has 0 aliphatic carbocycles. The van der Waals surface area contributed by atoms with E-state index in [9.17, 15) is 14.4 Å². The Balaban J connectivity index is 2.02. The first-order chi connectivity index (χ1) is 12.2. The average Bonchev–Trinajstić information content (AvgIpc) is 2.89. The minimum Gasteiger partial charge on any atom is -0.449 e. The van der Waals surface area contributed by atoms with Gasteiger partial charge in [0, 0.05) is 29.2 Å². The molecule has 1 aromatic carbocycles. The zero-order valence-corrected chi connectivity index (χ0v) is 15.3. The van der Waals surface area contributed by atoms with E-state index < -0.39 is 23.9 Å². The lowest BCUT2D eigenvalue weighted by molar-refractivity contribution is -0.123. The van der Waals surface area contributed by atoms with Crippen LogP contribution in [0.1, 0.15) is 46.0 Å². The molecule has 0 spiro atoms. The number of carbonyl (C=O) groups is 3. The van der Waals surface area contributed by atoms with Gasteiger partial charge in [-0.25, -0.2) is 4.79 Å². The summed E-state index contributed by atoms with van der Waals surface area (Å²) in [5.74, 6) is -1.55. The van der Waals surface area contributed by atoms with Gasteiger partial charge in [0.2, 0.25) is 5.91 Å². The molecule has 3 N–H and O–H groups in total. The molecule has 1 aromatic heterocycles. The van der Waals surface area contributed by atoms with Crippen LogP contribution in [0.3, 0.4) is 0 Å². The maximum absolute atomic E-state index is 12.4. The Morgan fingerprint density at radius 2 is 1.81 bits per heavy atom. The minimum absolute atomic E-state index is 0.341. The summed E-state index contributed by atoms with van der Waals surface area (Å²) < 4.78 is 7.29. The molecule has 0 bridgehead atoms. The van der Waals surface area contributed by atoms with Crippen molar-refractivity contribution in [3.63, 3.8) is 0 Å². The second kappa shape index (κ2) is 7.86. The predicted octanol–water partition coefficient (Wildman–Crippen LogP) is 2.41. The van der Waals surface area contributed by atoms with E-state index in [1.165, 1.54) is 19.1 Å². The summed E-state index contributed by atoms with van der Waals surface area (Å²) >= 11 is 0. The summed E-state index contributed by atoms with van der Waals surface area (Å²) in [4.78, 5) is 35.6. The van der Waals surface area contributed by atoms with E-state index >= 15 is 0 Å². The highest BCUT2D eigenvalue weighted by molar-refractivity contribution is 5.98. The standard InChI is InChI=1S/C19H23N3O4/c1-5-22-11(2)10-16(12(22)3)19(25)26-13(4)18(24)21-15-8-6-14(7-9-15)17(20)23/h6-10,13H,5H2,1-4H3,(H2,20,23)(H,21,24)/t13-/m1/s1. The van der Waals surface area contributed by atoms with Crippen molar-refractivity contribution in [1.82, 2.24) is 4.57 Å². The molecule has 1 atom stereocenters. The van der Waals surface area contributed by atoms with Crippen LogP contribution in [-0.2, 0) is 16.1 Å². The van der Waals surface area contributed by atoms with Crippen LogP contribution in [0.5, 0.6) is 0 Å². The third-order valence-electron chi connectivity index (χ3n) is 4.20. The van der Waals surface area contributed by atoms with Gasteiger partial charge in [-0.1, -0.05) is 0 Å². The van der Waals surface area contributed by atoms with Crippen molar-refractivity contribution in [3.05, 3.63) is 52.8 Å². The van der Waals surface area contributed by atoms with E-state index in [0.29, 0.717) is 16.8 Å². The molecule has 138 valence electrons. The second-order valence-electron chi connectivity index (χ2n) is 6.01. The number of anilines is 1. The average molecular weight is 357 g/mol. The van der Waals surface area contributed by atoms with Gasteiger partial charge in [0.15, 0.2) is 6.10 Å². The highest BCUT2D eigenvalue weighted by Gasteiger charge is 2.22. The van der Waals surface area contributed by atoms with Crippen LogP contribution < -0.4 is 11.1 Å². The Bertz CT molecular complexity index is 837. The van der Waals surface area contributed by atoms with E-state index in [1.54, 1.807) is 18.2 Å².